The summed E-state index contributed by atoms with van der Waals surface area (Å²) in [6, 6.07) is 0.345. The van der Waals surface area contributed by atoms with Crippen LogP contribution in [-0.4, -0.2) is 42.0 Å². The summed E-state index contributed by atoms with van der Waals surface area (Å²) in [6.07, 6.45) is 2.52. The van der Waals surface area contributed by atoms with Crippen molar-refractivity contribution in [3.63, 3.8) is 0 Å². The van der Waals surface area contributed by atoms with Crippen LogP contribution in [0, 0.1) is 0 Å². The second-order valence-corrected chi connectivity index (χ2v) is 5.44. The molecule has 4 nitrogen and oxygen atoms in total. The summed E-state index contributed by atoms with van der Waals surface area (Å²) in [4.78, 5) is 14.1. The van der Waals surface area contributed by atoms with Gasteiger partial charge in [-0.2, -0.15) is 0 Å². The summed E-state index contributed by atoms with van der Waals surface area (Å²) in [6.45, 7) is 9.23. The zero-order valence-corrected chi connectivity index (χ0v) is 10.8. The summed E-state index contributed by atoms with van der Waals surface area (Å²) < 4.78 is 0. The Morgan fingerprint density at radius 1 is 1.44 bits per heavy atom. The fourth-order valence-electron chi connectivity index (χ4n) is 2.09. The third-order valence-corrected chi connectivity index (χ3v) is 3.02. The van der Waals surface area contributed by atoms with Crippen molar-refractivity contribution >= 4 is 5.91 Å². The van der Waals surface area contributed by atoms with Crippen LogP contribution in [0.3, 0.4) is 0 Å². The van der Waals surface area contributed by atoms with Gasteiger partial charge in [0.05, 0.1) is 0 Å². The van der Waals surface area contributed by atoms with Crippen LogP contribution in [0.15, 0.2) is 0 Å². The highest BCUT2D eigenvalue weighted by Crippen LogP contribution is 2.11. The van der Waals surface area contributed by atoms with Crippen molar-refractivity contribution in [2.75, 3.05) is 19.6 Å². The molecule has 0 aromatic rings. The maximum Gasteiger partial charge on any atom is 0.222 e. The Bertz CT molecular complexity index is 227. The topological polar surface area (TPSA) is 58.4 Å². The molecule has 3 N–H and O–H groups in total. The Morgan fingerprint density at radius 3 is 2.44 bits per heavy atom. The highest BCUT2D eigenvalue weighted by atomic mass is 16.1. The van der Waals surface area contributed by atoms with Gasteiger partial charge in [0.1, 0.15) is 0 Å². The van der Waals surface area contributed by atoms with Crippen LogP contribution >= 0.6 is 0 Å². The molecule has 0 bridgehead atoms. The largest absolute Gasteiger partial charge is 0.353 e. The Morgan fingerprint density at radius 2 is 2.00 bits per heavy atom. The Kier molecular flexibility index (Phi) is 4.74. The molecule has 94 valence electrons. The van der Waals surface area contributed by atoms with Crippen LogP contribution in [0.5, 0.6) is 0 Å². The van der Waals surface area contributed by atoms with Gasteiger partial charge in [0.25, 0.3) is 0 Å². The maximum atomic E-state index is 11.7. The number of hydrogen-bond acceptors (Lipinski definition) is 3. The molecular weight excluding hydrogens is 202 g/mol. The van der Waals surface area contributed by atoms with Crippen molar-refractivity contribution in [2.45, 2.75) is 51.6 Å². The van der Waals surface area contributed by atoms with Crippen LogP contribution < -0.4 is 11.1 Å². The number of piperidine rings is 1. The van der Waals surface area contributed by atoms with Gasteiger partial charge in [0.15, 0.2) is 0 Å². The van der Waals surface area contributed by atoms with E-state index < -0.39 is 5.54 Å². The normalized spacial score (nSPS) is 19.8. The average molecular weight is 227 g/mol. The number of nitrogens with two attached hydrogens (primary N) is 1. The van der Waals surface area contributed by atoms with Crippen molar-refractivity contribution in [1.82, 2.24) is 10.2 Å². The highest BCUT2D eigenvalue weighted by molar-refractivity contribution is 5.77. The molecule has 0 saturated carbocycles. The minimum atomic E-state index is -0.409. The first-order valence-corrected chi connectivity index (χ1v) is 6.21. The fourth-order valence-corrected chi connectivity index (χ4v) is 2.09. The quantitative estimate of drug-likeness (QED) is 0.744. The van der Waals surface area contributed by atoms with Gasteiger partial charge < -0.3 is 16.0 Å². The predicted octanol–water partition coefficient (Wildman–Crippen LogP) is 0.714. The third-order valence-electron chi connectivity index (χ3n) is 3.02. The number of hydrogen-bond donors (Lipinski definition) is 2. The Hall–Kier alpha value is -0.610. The van der Waals surface area contributed by atoms with E-state index in [1.807, 2.05) is 13.8 Å². The fraction of sp³-hybridized carbons (Fsp3) is 0.917. The first-order chi connectivity index (χ1) is 7.40. The molecule has 0 radical (unpaired) electrons. The summed E-state index contributed by atoms with van der Waals surface area (Å²) in [5, 5.41) is 3.07. The zero-order chi connectivity index (χ0) is 12.2. The number of amides is 1. The lowest BCUT2D eigenvalue weighted by Gasteiger charge is -2.32. The number of rotatable bonds is 4. The average Bonchev–Trinajstić information content (AvgIpc) is 2.16. The molecule has 1 fully saturated rings. The van der Waals surface area contributed by atoms with Gasteiger partial charge in [0, 0.05) is 31.1 Å². The minimum absolute atomic E-state index is 0.0856. The van der Waals surface area contributed by atoms with Crippen LogP contribution in [0.25, 0.3) is 0 Å². The second-order valence-electron chi connectivity index (χ2n) is 5.44. The summed E-state index contributed by atoms with van der Waals surface area (Å²) in [7, 11) is 0. The molecule has 1 saturated heterocycles. The molecule has 1 aliphatic heterocycles. The number of likely N-dealkylation sites (tertiary alicyclic amines) is 1. The van der Waals surface area contributed by atoms with E-state index in [1.165, 1.54) is 0 Å². The van der Waals surface area contributed by atoms with Gasteiger partial charge in [-0.15, -0.1) is 0 Å². The van der Waals surface area contributed by atoms with Crippen molar-refractivity contribution in [3.05, 3.63) is 0 Å². The zero-order valence-electron chi connectivity index (χ0n) is 10.8. The van der Waals surface area contributed by atoms with Crippen molar-refractivity contribution in [1.29, 1.82) is 0 Å². The molecule has 0 aliphatic carbocycles. The molecule has 0 unspecified atom stereocenters. The molecule has 0 atom stereocenters. The van der Waals surface area contributed by atoms with Gasteiger partial charge in [-0.1, -0.05) is 6.92 Å². The minimum Gasteiger partial charge on any atom is -0.353 e. The van der Waals surface area contributed by atoms with Gasteiger partial charge in [-0.25, -0.2) is 0 Å². The van der Waals surface area contributed by atoms with E-state index in [9.17, 15) is 4.79 Å². The van der Waals surface area contributed by atoms with Crippen LogP contribution in [-0.2, 0) is 4.79 Å². The molecule has 1 rings (SSSR count). The van der Waals surface area contributed by atoms with E-state index in [4.69, 9.17) is 5.73 Å². The van der Waals surface area contributed by atoms with E-state index in [2.05, 4.69) is 17.1 Å². The van der Waals surface area contributed by atoms with Crippen LogP contribution in [0.4, 0.5) is 0 Å². The summed E-state index contributed by atoms with van der Waals surface area (Å²) >= 11 is 0. The van der Waals surface area contributed by atoms with Crippen molar-refractivity contribution in [3.8, 4) is 0 Å². The SMILES string of the molecule is CCN1CCC(NC(=O)CC(C)(C)N)CC1. The lowest BCUT2D eigenvalue weighted by atomic mass is 10.0. The van der Waals surface area contributed by atoms with Crippen molar-refractivity contribution < 1.29 is 4.79 Å². The highest BCUT2D eigenvalue weighted by Gasteiger charge is 2.22. The first-order valence-electron chi connectivity index (χ1n) is 6.21. The number of carbonyl (C=O) groups excluding carboxylic acids is 1. The standard InChI is InChI=1S/C12H25N3O/c1-4-15-7-5-10(6-8-15)14-11(16)9-12(2,3)13/h10H,4-9,13H2,1-3H3,(H,14,16). The number of nitrogens with one attached hydrogen (secondary N) is 1. The first kappa shape index (κ1) is 13.5. The smallest absolute Gasteiger partial charge is 0.222 e. The molecule has 0 spiro atoms. The van der Waals surface area contributed by atoms with Gasteiger partial charge in [-0.3, -0.25) is 4.79 Å². The molecule has 1 amide bonds. The van der Waals surface area contributed by atoms with Crippen LogP contribution in [0.2, 0.25) is 0 Å². The molecular formula is C12H25N3O. The number of carbonyl (C=O) groups is 1. The maximum absolute atomic E-state index is 11.7. The van der Waals surface area contributed by atoms with Gasteiger partial charge in [0.2, 0.25) is 5.91 Å². The Balaban J connectivity index is 2.26. The predicted molar refractivity (Wildman–Crippen MR) is 66.2 cm³/mol. The lowest BCUT2D eigenvalue weighted by molar-refractivity contribution is -0.123. The second kappa shape index (κ2) is 5.64. The molecule has 1 heterocycles. The number of nitrogens with zero attached hydrogens (tertiary/aromatic N) is 1. The molecule has 0 aromatic heterocycles. The molecule has 0 aromatic carbocycles. The summed E-state index contributed by atoms with van der Waals surface area (Å²) in [5.41, 5.74) is 5.41. The van der Waals surface area contributed by atoms with E-state index in [1.54, 1.807) is 0 Å². The Labute approximate surface area is 98.6 Å². The molecule has 16 heavy (non-hydrogen) atoms. The third kappa shape index (κ3) is 4.94. The van der Waals surface area contributed by atoms with E-state index in [-0.39, 0.29) is 5.91 Å². The molecule has 4 heteroatoms. The summed E-state index contributed by atoms with van der Waals surface area (Å²) in [5.74, 6) is 0.0856. The van der Waals surface area contributed by atoms with E-state index in [0.717, 1.165) is 32.5 Å². The molecule has 1 aliphatic rings. The van der Waals surface area contributed by atoms with Crippen molar-refractivity contribution in [2.24, 2.45) is 5.73 Å². The lowest BCUT2D eigenvalue weighted by Crippen LogP contribution is -2.47. The van der Waals surface area contributed by atoms with Gasteiger partial charge in [-0.05, 0) is 33.2 Å². The van der Waals surface area contributed by atoms with Gasteiger partial charge >= 0.3 is 0 Å². The van der Waals surface area contributed by atoms with E-state index in [0.29, 0.717) is 12.5 Å². The van der Waals surface area contributed by atoms with E-state index >= 15 is 0 Å². The van der Waals surface area contributed by atoms with Crippen LogP contribution in [0.1, 0.15) is 40.0 Å². The monoisotopic (exact) mass is 227 g/mol.